The molecule has 33 heavy (non-hydrogen) atoms. The fraction of sp³-hybridized carbons (Fsp3) is 0.150. The fourth-order valence-corrected chi connectivity index (χ4v) is 4.16. The smallest absolute Gasteiger partial charge is 0.303 e. The summed E-state index contributed by atoms with van der Waals surface area (Å²) in [5.74, 6) is -0.921. The lowest BCUT2D eigenvalue weighted by atomic mass is 10.2. The predicted molar refractivity (Wildman–Crippen MR) is 116 cm³/mol. The van der Waals surface area contributed by atoms with Crippen LogP contribution in [0.4, 0.5) is 23.4 Å². The number of benzene rings is 1. The molecule has 0 bridgehead atoms. The molecule has 1 amide bonds. The Balaban J connectivity index is 1.43. The summed E-state index contributed by atoms with van der Waals surface area (Å²) in [5.41, 5.74) is -0.156. The van der Waals surface area contributed by atoms with Crippen LogP contribution in [0.3, 0.4) is 0 Å². The number of thiophene rings is 1. The highest BCUT2D eigenvalue weighted by Gasteiger charge is 2.33. The van der Waals surface area contributed by atoms with Crippen molar-refractivity contribution in [3.63, 3.8) is 0 Å². The number of amides is 1. The summed E-state index contributed by atoms with van der Waals surface area (Å²) >= 11 is 13.3. The Morgan fingerprint density at radius 3 is 2.58 bits per heavy atom. The Kier molecular flexibility index (Phi) is 6.46. The zero-order valence-corrected chi connectivity index (χ0v) is 18.7. The van der Waals surface area contributed by atoms with Crippen molar-refractivity contribution in [2.45, 2.75) is 19.3 Å². The molecular formula is C20H13Cl2F4N5OS. The lowest BCUT2D eigenvalue weighted by Crippen LogP contribution is -2.12. The first-order chi connectivity index (χ1) is 15.6. The van der Waals surface area contributed by atoms with E-state index in [9.17, 15) is 22.4 Å². The van der Waals surface area contributed by atoms with Crippen molar-refractivity contribution in [3.05, 3.63) is 85.7 Å². The van der Waals surface area contributed by atoms with Crippen LogP contribution in [0.1, 0.15) is 26.5 Å². The molecule has 13 heteroatoms. The maximum Gasteiger partial charge on any atom is 0.435 e. The van der Waals surface area contributed by atoms with E-state index in [1.807, 2.05) is 0 Å². The van der Waals surface area contributed by atoms with Crippen LogP contribution in [0.15, 0.2) is 48.1 Å². The summed E-state index contributed by atoms with van der Waals surface area (Å²) in [7, 11) is 0. The van der Waals surface area contributed by atoms with Crippen molar-refractivity contribution < 1.29 is 22.4 Å². The molecule has 0 saturated heterocycles. The van der Waals surface area contributed by atoms with E-state index in [1.165, 1.54) is 29.2 Å². The van der Waals surface area contributed by atoms with Gasteiger partial charge in [0.05, 0.1) is 18.0 Å². The van der Waals surface area contributed by atoms with Crippen molar-refractivity contribution in [1.82, 2.24) is 19.6 Å². The van der Waals surface area contributed by atoms with E-state index < -0.39 is 23.6 Å². The Morgan fingerprint density at radius 1 is 1.09 bits per heavy atom. The summed E-state index contributed by atoms with van der Waals surface area (Å²) in [6, 6.07) is 6.73. The average Bonchev–Trinajstić information content (AvgIpc) is 3.46. The lowest BCUT2D eigenvalue weighted by Gasteiger charge is -2.06. The van der Waals surface area contributed by atoms with Gasteiger partial charge in [-0.1, -0.05) is 29.3 Å². The zero-order valence-electron chi connectivity index (χ0n) is 16.4. The molecule has 0 saturated carbocycles. The van der Waals surface area contributed by atoms with Crippen molar-refractivity contribution in [1.29, 1.82) is 0 Å². The van der Waals surface area contributed by atoms with E-state index in [2.05, 4.69) is 15.5 Å². The minimum Gasteiger partial charge on any atom is -0.303 e. The number of alkyl halides is 3. The first kappa shape index (κ1) is 23.3. The van der Waals surface area contributed by atoms with Crippen LogP contribution in [0.25, 0.3) is 0 Å². The molecule has 3 heterocycles. The molecule has 0 aliphatic heterocycles. The number of anilines is 1. The quantitative estimate of drug-likeness (QED) is 0.321. The van der Waals surface area contributed by atoms with Gasteiger partial charge >= 0.3 is 6.18 Å². The minimum absolute atomic E-state index is 0.00797. The van der Waals surface area contributed by atoms with Crippen molar-refractivity contribution in [3.8, 4) is 0 Å². The number of hydrogen-bond acceptors (Lipinski definition) is 4. The third-order valence-corrected chi connectivity index (χ3v) is 6.09. The van der Waals surface area contributed by atoms with E-state index in [1.54, 1.807) is 17.5 Å². The first-order valence-corrected chi connectivity index (χ1v) is 10.9. The number of rotatable bonds is 6. The topological polar surface area (TPSA) is 64.7 Å². The number of aromatic nitrogens is 4. The number of nitrogens with zero attached hydrogens (tertiary/aromatic N) is 4. The SMILES string of the molecule is O=C(Nc1nn(Cc2c(F)cccc2Cl)cc1Cl)c1cc(Cn2ccc(C(F)(F)F)n2)cs1. The third-order valence-electron chi connectivity index (χ3n) is 4.48. The molecule has 0 fully saturated rings. The molecule has 6 nitrogen and oxygen atoms in total. The third kappa shape index (κ3) is 5.37. The number of nitrogens with one attached hydrogen (secondary N) is 1. The van der Waals surface area contributed by atoms with Gasteiger partial charge in [-0.15, -0.1) is 11.3 Å². The van der Waals surface area contributed by atoms with E-state index in [-0.39, 0.29) is 34.5 Å². The zero-order chi connectivity index (χ0) is 23.8. The van der Waals surface area contributed by atoms with Crippen LogP contribution < -0.4 is 5.32 Å². The molecule has 4 aromatic rings. The molecular weight excluding hydrogens is 505 g/mol. The van der Waals surface area contributed by atoms with E-state index in [4.69, 9.17) is 23.2 Å². The molecule has 1 aromatic carbocycles. The molecule has 0 aliphatic rings. The Morgan fingerprint density at radius 2 is 1.88 bits per heavy atom. The summed E-state index contributed by atoms with van der Waals surface area (Å²) in [6.45, 7) is 0.0761. The van der Waals surface area contributed by atoms with Crippen molar-refractivity contribution in [2.24, 2.45) is 0 Å². The predicted octanol–water partition coefficient (Wildman–Crippen LogP) is 5.95. The highest BCUT2D eigenvalue weighted by atomic mass is 35.5. The number of carbonyl (C=O) groups excluding carboxylic acids is 1. The summed E-state index contributed by atoms with van der Waals surface area (Å²) < 4.78 is 54.5. The lowest BCUT2D eigenvalue weighted by molar-refractivity contribution is -0.141. The van der Waals surface area contributed by atoms with Gasteiger partial charge in [-0.05, 0) is 35.2 Å². The van der Waals surface area contributed by atoms with Crippen LogP contribution in [-0.2, 0) is 19.3 Å². The second-order valence-corrected chi connectivity index (χ2v) is 8.62. The number of halogens is 6. The van der Waals surface area contributed by atoms with E-state index in [0.29, 0.717) is 10.4 Å². The Bertz CT molecular complexity index is 1290. The van der Waals surface area contributed by atoms with Crippen LogP contribution in [0.5, 0.6) is 0 Å². The van der Waals surface area contributed by atoms with Gasteiger partial charge in [0, 0.05) is 23.0 Å². The second-order valence-electron chi connectivity index (χ2n) is 6.89. The normalized spacial score (nSPS) is 11.7. The highest BCUT2D eigenvalue weighted by Crippen LogP contribution is 2.28. The fourth-order valence-electron chi connectivity index (χ4n) is 2.94. The molecule has 1 N–H and O–H groups in total. The molecule has 0 radical (unpaired) electrons. The highest BCUT2D eigenvalue weighted by molar-refractivity contribution is 7.12. The monoisotopic (exact) mass is 517 g/mol. The molecule has 172 valence electrons. The van der Waals surface area contributed by atoms with Gasteiger partial charge in [0.2, 0.25) is 0 Å². The Labute approximate surface area is 198 Å². The van der Waals surface area contributed by atoms with Crippen LogP contribution in [0, 0.1) is 5.82 Å². The molecule has 3 aromatic heterocycles. The molecule has 0 aliphatic carbocycles. The maximum atomic E-state index is 14.0. The van der Waals surface area contributed by atoms with Crippen LogP contribution in [0.2, 0.25) is 10.0 Å². The number of carbonyl (C=O) groups is 1. The van der Waals surface area contributed by atoms with Gasteiger partial charge in [0.25, 0.3) is 5.91 Å². The molecule has 0 spiro atoms. The Hall–Kier alpha value is -2.89. The summed E-state index contributed by atoms with van der Waals surface area (Å²) in [5, 5.41) is 12.2. The minimum atomic E-state index is -4.52. The molecule has 4 rings (SSSR count). The van der Waals surface area contributed by atoms with Gasteiger partial charge in [-0.3, -0.25) is 14.2 Å². The van der Waals surface area contributed by atoms with Gasteiger partial charge in [-0.25, -0.2) is 4.39 Å². The second kappa shape index (κ2) is 9.16. The summed E-state index contributed by atoms with van der Waals surface area (Å²) in [4.78, 5) is 12.9. The van der Waals surface area contributed by atoms with E-state index in [0.717, 1.165) is 22.1 Å². The average molecular weight is 518 g/mol. The first-order valence-electron chi connectivity index (χ1n) is 9.25. The van der Waals surface area contributed by atoms with Crippen molar-refractivity contribution in [2.75, 3.05) is 5.32 Å². The van der Waals surface area contributed by atoms with Crippen LogP contribution >= 0.6 is 34.5 Å². The van der Waals surface area contributed by atoms with Gasteiger partial charge in [0.15, 0.2) is 11.5 Å². The molecule has 0 atom stereocenters. The largest absolute Gasteiger partial charge is 0.435 e. The van der Waals surface area contributed by atoms with Gasteiger partial charge < -0.3 is 5.32 Å². The van der Waals surface area contributed by atoms with E-state index >= 15 is 0 Å². The standard InChI is InChI=1S/C20H13Cl2F4N5OS/c21-13-2-1-3-15(23)12(13)8-31-9-14(22)18(29-31)27-19(32)16-6-11(10-33-16)7-30-5-4-17(28-30)20(24,25)26/h1-6,9-10H,7-8H2,(H,27,29,32). The van der Waals surface area contributed by atoms with Gasteiger partial charge in [0.1, 0.15) is 10.8 Å². The van der Waals surface area contributed by atoms with Gasteiger partial charge in [-0.2, -0.15) is 23.4 Å². The van der Waals surface area contributed by atoms with Crippen molar-refractivity contribution >= 4 is 46.3 Å². The number of hydrogen-bond donors (Lipinski definition) is 1. The maximum absolute atomic E-state index is 14.0. The van der Waals surface area contributed by atoms with Crippen LogP contribution in [-0.4, -0.2) is 25.5 Å². The molecule has 0 unspecified atom stereocenters. The summed E-state index contributed by atoms with van der Waals surface area (Å²) in [6.07, 6.45) is -1.88.